The Hall–Kier alpha value is -3.53. The normalized spacial score (nSPS) is 12.7. The minimum absolute atomic E-state index is 0.0950. The van der Waals surface area contributed by atoms with E-state index in [-0.39, 0.29) is 12.7 Å². The third-order valence-electron chi connectivity index (χ3n) is 5.84. The van der Waals surface area contributed by atoms with Gasteiger partial charge in [0.2, 0.25) is 6.79 Å². The molecule has 4 heterocycles. The van der Waals surface area contributed by atoms with Crippen LogP contribution < -0.4 is 14.4 Å². The minimum Gasteiger partial charge on any atom is -0.454 e. The number of benzene rings is 2. The van der Waals surface area contributed by atoms with Crippen LogP contribution in [0.3, 0.4) is 0 Å². The fourth-order valence-corrected chi connectivity index (χ4v) is 5.74. The summed E-state index contributed by atoms with van der Waals surface area (Å²) in [5, 5.41) is 3.49. The van der Waals surface area contributed by atoms with Gasteiger partial charge in [-0.15, -0.1) is 11.3 Å². The standard InChI is InChI=1S/C26H22N4O3S2/c1-29(2)9-10-30(26-28-20-13-21-22(33-15-32-21)14-24(20)35-26)25(31)17-12-19(23-8-5-11-34-23)27-18-7-4-3-6-16(17)18/h3-8,11-14H,9-10,15H2,1-2H3. The van der Waals surface area contributed by atoms with Gasteiger partial charge in [0.15, 0.2) is 16.6 Å². The van der Waals surface area contributed by atoms with Crippen LogP contribution in [0.4, 0.5) is 5.13 Å². The number of fused-ring (bicyclic) bond motifs is 3. The van der Waals surface area contributed by atoms with Crippen LogP contribution in [0.1, 0.15) is 10.4 Å². The number of rotatable bonds is 6. The molecule has 0 N–H and O–H groups in total. The molecular formula is C26H22N4O3S2. The second-order valence-electron chi connectivity index (χ2n) is 8.48. The first kappa shape index (κ1) is 22.0. The van der Waals surface area contributed by atoms with Crippen LogP contribution in [-0.2, 0) is 0 Å². The van der Waals surface area contributed by atoms with Crippen molar-refractivity contribution in [3.05, 3.63) is 65.5 Å². The van der Waals surface area contributed by atoms with E-state index in [0.29, 0.717) is 35.3 Å². The second kappa shape index (κ2) is 8.92. The maximum absolute atomic E-state index is 14.2. The molecule has 1 amide bonds. The Kier molecular flexibility index (Phi) is 5.60. The fourth-order valence-electron chi connectivity index (χ4n) is 4.05. The zero-order valence-electron chi connectivity index (χ0n) is 19.2. The van der Waals surface area contributed by atoms with Gasteiger partial charge in [-0.05, 0) is 37.7 Å². The lowest BCUT2D eigenvalue weighted by Gasteiger charge is -2.23. The largest absolute Gasteiger partial charge is 0.454 e. The number of hydrogen-bond donors (Lipinski definition) is 0. The molecule has 2 aromatic carbocycles. The monoisotopic (exact) mass is 502 g/mol. The summed E-state index contributed by atoms with van der Waals surface area (Å²) < 4.78 is 12.0. The number of pyridine rings is 1. The number of thiazole rings is 1. The quantitative estimate of drug-likeness (QED) is 0.305. The van der Waals surface area contributed by atoms with E-state index in [1.807, 2.05) is 74.1 Å². The lowest BCUT2D eigenvalue weighted by atomic mass is 10.1. The predicted octanol–water partition coefficient (Wildman–Crippen LogP) is 5.51. The highest BCUT2D eigenvalue weighted by molar-refractivity contribution is 7.22. The highest BCUT2D eigenvalue weighted by Gasteiger charge is 2.25. The predicted molar refractivity (Wildman–Crippen MR) is 141 cm³/mol. The van der Waals surface area contributed by atoms with Crippen molar-refractivity contribution in [1.82, 2.24) is 14.9 Å². The highest BCUT2D eigenvalue weighted by Crippen LogP contribution is 2.40. The summed E-state index contributed by atoms with van der Waals surface area (Å²) in [5.41, 5.74) is 3.00. The van der Waals surface area contributed by atoms with Crippen LogP contribution in [0.15, 0.2) is 60.0 Å². The first-order chi connectivity index (χ1) is 17.1. The van der Waals surface area contributed by atoms with Crippen LogP contribution in [0.5, 0.6) is 11.5 Å². The third kappa shape index (κ3) is 4.12. The number of carbonyl (C=O) groups is 1. The van der Waals surface area contributed by atoms with Crippen molar-refractivity contribution in [2.24, 2.45) is 0 Å². The molecule has 0 spiro atoms. The van der Waals surface area contributed by atoms with E-state index in [9.17, 15) is 4.79 Å². The van der Waals surface area contributed by atoms with E-state index in [1.54, 1.807) is 16.2 Å². The summed E-state index contributed by atoms with van der Waals surface area (Å²) >= 11 is 3.09. The summed E-state index contributed by atoms with van der Waals surface area (Å²) in [5.74, 6) is 1.29. The van der Waals surface area contributed by atoms with E-state index in [1.165, 1.54) is 11.3 Å². The maximum atomic E-state index is 14.2. The van der Waals surface area contributed by atoms with Crippen LogP contribution in [0.2, 0.25) is 0 Å². The molecule has 35 heavy (non-hydrogen) atoms. The van der Waals surface area contributed by atoms with Crippen molar-refractivity contribution >= 4 is 54.8 Å². The molecule has 176 valence electrons. The molecule has 0 atom stereocenters. The number of aromatic nitrogens is 2. The lowest BCUT2D eigenvalue weighted by molar-refractivity contribution is 0.0986. The lowest BCUT2D eigenvalue weighted by Crippen LogP contribution is -2.37. The van der Waals surface area contributed by atoms with E-state index < -0.39 is 0 Å². The van der Waals surface area contributed by atoms with Gasteiger partial charge in [0.05, 0.1) is 31.9 Å². The Morgan fingerprint density at radius 3 is 2.60 bits per heavy atom. The molecule has 1 aliphatic heterocycles. The van der Waals surface area contributed by atoms with E-state index in [0.717, 1.165) is 31.7 Å². The summed E-state index contributed by atoms with van der Waals surface area (Å²) in [6.07, 6.45) is 0. The highest BCUT2D eigenvalue weighted by atomic mass is 32.1. The average molecular weight is 503 g/mol. The number of anilines is 1. The number of amides is 1. The van der Waals surface area contributed by atoms with Crippen molar-refractivity contribution in [1.29, 1.82) is 0 Å². The van der Waals surface area contributed by atoms with Crippen molar-refractivity contribution < 1.29 is 14.3 Å². The molecule has 0 fully saturated rings. The molecular weight excluding hydrogens is 480 g/mol. The molecule has 9 heteroatoms. The van der Waals surface area contributed by atoms with Gasteiger partial charge < -0.3 is 14.4 Å². The van der Waals surface area contributed by atoms with Gasteiger partial charge in [-0.1, -0.05) is 35.6 Å². The second-order valence-corrected chi connectivity index (χ2v) is 10.4. The molecule has 3 aromatic heterocycles. The van der Waals surface area contributed by atoms with Gasteiger partial charge >= 0.3 is 0 Å². The summed E-state index contributed by atoms with van der Waals surface area (Å²) in [7, 11) is 3.99. The summed E-state index contributed by atoms with van der Waals surface area (Å²) in [6.45, 7) is 1.42. The molecule has 7 nitrogen and oxygen atoms in total. The molecule has 5 aromatic rings. The van der Waals surface area contributed by atoms with Gasteiger partial charge in [-0.25, -0.2) is 9.97 Å². The van der Waals surface area contributed by atoms with E-state index in [2.05, 4.69) is 4.90 Å². The van der Waals surface area contributed by atoms with Gasteiger partial charge in [-0.3, -0.25) is 9.69 Å². The molecule has 0 unspecified atom stereocenters. The van der Waals surface area contributed by atoms with E-state index >= 15 is 0 Å². The summed E-state index contributed by atoms with van der Waals surface area (Å²) in [6, 6.07) is 17.5. The Bertz CT molecular complexity index is 1500. The Labute approximate surface area is 210 Å². The van der Waals surface area contributed by atoms with Crippen molar-refractivity contribution in [2.45, 2.75) is 0 Å². The smallest absolute Gasteiger partial charge is 0.260 e. The zero-order valence-corrected chi connectivity index (χ0v) is 20.9. The van der Waals surface area contributed by atoms with Crippen LogP contribution in [0.25, 0.3) is 31.7 Å². The Balaban J connectivity index is 1.47. The summed E-state index contributed by atoms with van der Waals surface area (Å²) in [4.78, 5) is 28.7. The molecule has 0 aliphatic carbocycles. The number of ether oxygens (including phenoxy) is 2. The Morgan fingerprint density at radius 2 is 1.80 bits per heavy atom. The number of hydrogen-bond acceptors (Lipinski definition) is 8. The average Bonchev–Trinajstić information content (AvgIpc) is 3.62. The number of nitrogens with zero attached hydrogens (tertiary/aromatic N) is 4. The molecule has 6 rings (SSSR count). The molecule has 1 aliphatic rings. The molecule has 0 saturated carbocycles. The van der Waals surface area contributed by atoms with Crippen molar-refractivity contribution in [3.63, 3.8) is 0 Å². The van der Waals surface area contributed by atoms with Crippen LogP contribution >= 0.6 is 22.7 Å². The SMILES string of the molecule is CN(C)CCN(C(=O)c1cc(-c2cccs2)nc2ccccc12)c1nc2cc3c(cc2s1)OCO3. The number of carbonyl (C=O) groups excluding carboxylic acids is 1. The van der Waals surface area contributed by atoms with Gasteiger partial charge in [0.25, 0.3) is 5.91 Å². The third-order valence-corrected chi connectivity index (χ3v) is 7.77. The molecule has 0 saturated heterocycles. The maximum Gasteiger partial charge on any atom is 0.260 e. The van der Waals surface area contributed by atoms with Crippen molar-refractivity contribution in [2.75, 3.05) is 38.9 Å². The first-order valence-corrected chi connectivity index (χ1v) is 12.9. The molecule has 0 bridgehead atoms. The number of thiophene rings is 1. The fraction of sp³-hybridized carbons (Fsp3) is 0.192. The number of likely N-dealkylation sites (N-methyl/N-ethyl adjacent to an activating group) is 1. The molecule has 0 radical (unpaired) electrons. The van der Waals surface area contributed by atoms with E-state index in [4.69, 9.17) is 19.4 Å². The van der Waals surface area contributed by atoms with Crippen molar-refractivity contribution in [3.8, 4) is 22.1 Å². The first-order valence-electron chi connectivity index (χ1n) is 11.2. The Morgan fingerprint density at radius 1 is 0.971 bits per heavy atom. The van der Waals surface area contributed by atoms with Crippen LogP contribution in [0, 0.1) is 0 Å². The number of para-hydroxylation sites is 1. The van der Waals surface area contributed by atoms with Gasteiger partial charge in [0, 0.05) is 30.6 Å². The van der Waals surface area contributed by atoms with Crippen LogP contribution in [-0.4, -0.2) is 54.8 Å². The minimum atomic E-state index is -0.0950. The zero-order chi connectivity index (χ0) is 23.9. The topological polar surface area (TPSA) is 67.8 Å². The van der Waals surface area contributed by atoms with Gasteiger partial charge in [-0.2, -0.15) is 0 Å². The van der Waals surface area contributed by atoms with Gasteiger partial charge in [0.1, 0.15) is 0 Å².